The molecule has 152 valence electrons. The van der Waals surface area contributed by atoms with E-state index in [9.17, 15) is 0 Å². The lowest BCUT2D eigenvalue weighted by Gasteiger charge is -2.22. The Morgan fingerprint density at radius 3 is 2.79 bits per heavy atom. The molecule has 0 amide bonds. The fourth-order valence-electron chi connectivity index (χ4n) is 3.22. The average Bonchev–Trinajstić information content (AvgIpc) is 3.26. The molecular formula is C21H30IN5O. The minimum absolute atomic E-state index is 0. The highest BCUT2D eigenvalue weighted by Crippen LogP contribution is 2.23. The van der Waals surface area contributed by atoms with E-state index in [-0.39, 0.29) is 30.0 Å². The summed E-state index contributed by atoms with van der Waals surface area (Å²) in [5, 5.41) is 6.74. The monoisotopic (exact) mass is 495 g/mol. The lowest BCUT2D eigenvalue weighted by molar-refractivity contribution is 0.320. The third kappa shape index (κ3) is 6.54. The average molecular weight is 495 g/mol. The van der Waals surface area contributed by atoms with E-state index in [0.29, 0.717) is 13.2 Å². The van der Waals surface area contributed by atoms with E-state index in [1.807, 2.05) is 12.1 Å². The number of hydrogen-bond acceptors (Lipinski definition) is 4. The van der Waals surface area contributed by atoms with E-state index in [1.165, 1.54) is 24.1 Å². The molecule has 1 aliphatic heterocycles. The van der Waals surface area contributed by atoms with Crippen molar-refractivity contribution in [3.63, 3.8) is 0 Å². The van der Waals surface area contributed by atoms with Gasteiger partial charge in [0.1, 0.15) is 12.4 Å². The number of aromatic nitrogens is 1. The van der Waals surface area contributed by atoms with Crippen LogP contribution in [0.2, 0.25) is 0 Å². The van der Waals surface area contributed by atoms with Gasteiger partial charge in [-0.3, -0.25) is 9.98 Å². The van der Waals surface area contributed by atoms with Crippen LogP contribution in [0.3, 0.4) is 0 Å². The summed E-state index contributed by atoms with van der Waals surface area (Å²) >= 11 is 0. The predicted molar refractivity (Wildman–Crippen MR) is 126 cm³/mol. The highest BCUT2D eigenvalue weighted by atomic mass is 127. The summed E-state index contributed by atoms with van der Waals surface area (Å²) in [6.07, 6.45) is 6.02. The van der Waals surface area contributed by atoms with Crippen LogP contribution in [-0.4, -0.2) is 44.2 Å². The maximum absolute atomic E-state index is 5.65. The van der Waals surface area contributed by atoms with Crippen molar-refractivity contribution in [2.45, 2.75) is 25.8 Å². The van der Waals surface area contributed by atoms with Gasteiger partial charge >= 0.3 is 0 Å². The van der Waals surface area contributed by atoms with Crippen molar-refractivity contribution < 1.29 is 4.74 Å². The number of pyridine rings is 1. The fourth-order valence-corrected chi connectivity index (χ4v) is 3.22. The molecule has 1 fully saturated rings. The van der Waals surface area contributed by atoms with Gasteiger partial charge in [-0.05, 0) is 49.6 Å². The van der Waals surface area contributed by atoms with Gasteiger partial charge in [0.15, 0.2) is 5.96 Å². The number of aliphatic imine (C=N–C) groups is 1. The number of benzene rings is 1. The Hall–Kier alpha value is -2.03. The molecule has 1 aromatic carbocycles. The topological polar surface area (TPSA) is 61.8 Å². The van der Waals surface area contributed by atoms with Crippen molar-refractivity contribution in [3.8, 4) is 5.75 Å². The molecule has 7 heteroatoms. The van der Waals surface area contributed by atoms with Crippen molar-refractivity contribution in [1.82, 2.24) is 15.6 Å². The van der Waals surface area contributed by atoms with Crippen molar-refractivity contribution in [1.29, 1.82) is 0 Å². The highest BCUT2D eigenvalue weighted by molar-refractivity contribution is 14.0. The Labute approximate surface area is 184 Å². The summed E-state index contributed by atoms with van der Waals surface area (Å²) in [5.74, 6) is 1.54. The summed E-state index contributed by atoms with van der Waals surface area (Å²) in [5.41, 5.74) is 2.57. The maximum atomic E-state index is 5.65. The Bertz CT molecular complexity index is 735. The van der Waals surface area contributed by atoms with Crippen LogP contribution in [0.5, 0.6) is 5.75 Å². The Kier molecular flexibility index (Phi) is 9.33. The second kappa shape index (κ2) is 11.7. The molecule has 1 saturated heterocycles. The summed E-state index contributed by atoms with van der Waals surface area (Å²) < 4.78 is 5.65. The normalized spacial score (nSPS) is 14.9. The molecule has 0 saturated carbocycles. The smallest absolute Gasteiger partial charge is 0.191 e. The molecule has 28 heavy (non-hydrogen) atoms. The van der Waals surface area contributed by atoms with Gasteiger partial charge in [-0.15, -0.1) is 24.0 Å². The van der Waals surface area contributed by atoms with Gasteiger partial charge < -0.3 is 20.3 Å². The SMILES string of the molecule is CN=C(NCCOc1cccnc1)NC(C)c1cccc(N2CCCC2)c1.I. The van der Waals surface area contributed by atoms with E-state index in [4.69, 9.17) is 4.74 Å². The zero-order valence-corrected chi connectivity index (χ0v) is 18.9. The molecule has 0 bridgehead atoms. The van der Waals surface area contributed by atoms with Crippen molar-refractivity contribution >= 4 is 35.6 Å². The Morgan fingerprint density at radius 2 is 2.07 bits per heavy atom. The van der Waals surface area contributed by atoms with Crippen LogP contribution in [0.1, 0.15) is 31.4 Å². The van der Waals surface area contributed by atoms with Crippen LogP contribution < -0.4 is 20.3 Å². The Morgan fingerprint density at radius 1 is 1.25 bits per heavy atom. The molecule has 1 unspecified atom stereocenters. The third-order valence-electron chi connectivity index (χ3n) is 4.72. The first-order valence-corrected chi connectivity index (χ1v) is 9.61. The van der Waals surface area contributed by atoms with Gasteiger partial charge in [0, 0.05) is 32.0 Å². The first-order chi connectivity index (χ1) is 13.3. The van der Waals surface area contributed by atoms with Gasteiger partial charge in [-0.1, -0.05) is 12.1 Å². The second-order valence-corrected chi connectivity index (χ2v) is 6.69. The number of rotatable bonds is 7. The molecule has 0 aliphatic carbocycles. The minimum atomic E-state index is 0. The molecule has 1 aliphatic rings. The molecule has 2 heterocycles. The van der Waals surface area contributed by atoms with Crippen LogP contribution >= 0.6 is 24.0 Å². The van der Waals surface area contributed by atoms with E-state index in [2.05, 4.69) is 56.7 Å². The summed E-state index contributed by atoms with van der Waals surface area (Å²) in [4.78, 5) is 10.8. The molecule has 2 aromatic rings. The molecule has 0 radical (unpaired) electrons. The van der Waals surface area contributed by atoms with Crippen LogP contribution in [0.25, 0.3) is 0 Å². The number of nitrogens with one attached hydrogen (secondary N) is 2. The zero-order chi connectivity index (χ0) is 18.9. The first kappa shape index (κ1) is 22.3. The van der Waals surface area contributed by atoms with Crippen molar-refractivity contribution in [2.24, 2.45) is 4.99 Å². The molecule has 1 atom stereocenters. The summed E-state index contributed by atoms with van der Waals surface area (Å²) in [7, 11) is 1.78. The van der Waals surface area contributed by atoms with E-state index in [0.717, 1.165) is 24.8 Å². The lowest BCUT2D eigenvalue weighted by atomic mass is 10.1. The number of anilines is 1. The molecule has 0 spiro atoms. The quantitative estimate of drug-likeness (QED) is 0.266. The summed E-state index contributed by atoms with van der Waals surface area (Å²) in [6.45, 7) is 5.68. The molecule has 2 N–H and O–H groups in total. The lowest BCUT2D eigenvalue weighted by Crippen LogP contribution is -2.40. The molecule has 6 nitrogen and oxygen atoms in total. The van der Waals surface area contributed by atoms with E-state index >= 15 is 0 Å². The van der Waals surface area contributed by atoms with Crippen LogP contribution in [0, 0.1) is 0 Å². The van der Waals surface area contributed by atoms with Gasteiger partial charge in [-0.25, -0.2) is 0 Å². The number of nitrogens with zero attached hydrogens (tertiary/aromatic N) is 3. The van der Waals surface area contributed by atoms with Crippen molar-refractivity contribution in [2.75, 3.05) is 38.2 Å². The van der Waals surface area contributed by atoms with Crippen LogP contribution in [0.15, 0.2) is 53.8 Å². The standard InChI is InChI=1S/C21H29N5O.HI/c1-17(18-7-5-8-19(15-18)26-12-3-4-13-26)25-21(22-2)24-11-14-27-20-9-6-10-23-16-20;/h5-10,15-17H,3-4,11-14H2,1-2H3,(H2,22,24,25);1H. The number of halogens is 1. The summed E-state index contributed by atoms with van der Waals surface area (Å²) in [6, 6.07) is 12.7. The largest absolute Gasteiger partial charge is 0.490 e. The third-order valence-corrected chi connectivity index (χ3v) is 4.72. The number of ether oxygens (including phenoxy) is 1. The Balaban J connectivity index is 0.00000280. The number of guanidine groups is 1. The van der Waals surface area contributed by atoms with Crippen LogP contribution in [-0.2, 0) is 0 Å². The molecule has 3 rings (SSSR count). The molecule has 1 aromatic heterocycles. The number of hydrogen-bond donors (Lipinski definition) is 2. The second-order valence-electron chi connectivity index (χ2n) is 6.69. The first-order valence-electron chi connectivity index (χ1n) is 9.61. The van der Waals surface area contributed by atoms with Gasteiger partial charge in [0.2, 0.25) is 0 Å². The molecular weight excluding hydrogens is 465 g/mol. The van der Waals surface area contributed by atoms with Crippen molar-refractivity contribution in [3.05, 3.63) is 54.4 Å². The maximum Gasteiger partial charge on any atom is 0.191 e. The zero-order valence-electron chi connectivity index (χ0n) is 16.6. The predicted octanol–water partition coefficient (Wildman–Crippen LogP) is 3.60. The van der Waals surface area contributed by atoms with Gasteiger partial charge in [-0.2, -0.15) is 0 Å². The van der Waals surface area contributed by atoms with Gasteiger partial charge in [0.25, 0.3) is 0 Å². The van der Waals surface area contributed by atoms with E-state index < -0.39 is 0 Å². The highest BCUT2D eigenvalue weighted by Gasteiger charge is 2.14. The van der Waals surface area contributed by atoms with Crippen LogP contribution in [0.4, 0.5) is 5.69 Å². The van der Waals surface area contributed by atoms with E-state index in [1.54, 1.807) is 19.4 Å². The fraction of sp³-hybridized carbons (Fsp3) is 0.429. The minimum Gasteiger partial charge on any atom is -0.490 e. The van der Waals surface area contributed by atoms with Gasteiger partial charge in [0.05, 0.1) is 18.8 Å².